The number of hydrogen-bond donors (Lipinski definition) is 2. The van der Waals surface area contributed by atoms with Crippen LogP contribution in [0.25, 0.3) is 10.9 Å². The number of para-hydroxylation sites is 1. The average molecular weight is 272 g/mol. The molecule has 2 rings (SSSR count). The number of carbonyl (C=O) groups is 2. The summed E-state index contributed by atoms with van der Waals surface area (Å²) in [5.41, 5.74) is 1.57. The number of ketones is 1. The van der Waals surface area contributed by atoms with Crippen molar-refractivity contribution in [1.29, 1.82) is 0 Å². The van der Waals surface area contributed by atoms with E-state index in [1.165, 1.54) is 0 Å². The molecule has 0 saturated heterocycles. The predicted molar refractivity (Wildman–Crippen MR) is 79.8 cm³/mol. The van der Waals surface area contributed by atoms with E-state index in [1.807, 2.05) is 24.3 Å². The fraction of sp³-hybridized carbons (Fsp3) is 0.375. The Morgan fingerprint density at radius 3 is 2.80 bits per heavy atom. The first kappa shape index (κ1) is 14.3. The summed E-state index contributed by atoms with van der Waals surface area (Å²) in [7, 11) is 0. The number of amides is 1. The van der Waals surface area contributed by atoms with Gasteiger partial charge < -0.3 is 10.3 Å². The van der Waals surface area contributed by atoms with Crippen molar-refractivity contribution in [3.8, 4) is 0 Å². The van der Waals surface area contributed by atoms with E-state index in [2.05, 4.69) is 17.2 Å². The summed E-state index contributed by atoms with van der Waals surface area (Å²) >= 11 is 0. The molecule has 0 unspecified atom stereocenters. The zero-order valence-corrected chi connectivity index (χ0v) is 11.7. The number of H-pyrrole nitrogens is 1. The van der Waals surface area contributed by atoms with Crippen molar-refractivity contribution in [2.75, 3.05) is 6.54 Å². The molecular formula is C16H20N2O2. The largest absolute Gasteiger partial charge is 0.360 e. The lowest BCUT2D eigenvalue weighted by Gasteiger charge is -2.04. The molecule has 0 spiro atoms. The van der Waals surface area contributed by atoms with Crippen LogP contribution in [0.3, 0.4) is 0 Å². The number of benzene rings is 1. The minimum absolute atomic E-state index is 0.0494. The molecule has 4 heteroatoms. The topological polar surface area (TPSA) is 62.0 Å². The maximum absolute atomic E-state index is 12.1. The van der Waals surface area contributed by atoms with Gasteiger partial charge in [-0.25, -0.2) is 0 Å². The maximum Gasteiger partial charge on any atom is 0.220 e. The molecule has 0 aliphatic carbocycles. The summed E-state index contributed by atoms with van der Waals surface area (Å²) in [4.78, 5) is 26.8. The molecule has 0 fully saturated rings. The number of nitrogens with one attached hydrogen (secondary N) is 2. The van der Waals surface area contributed by atoms with Gasteiger partial charge in [-0.3, -0.25) is 9.59 Å². The van der Waals surface area contributed by atoms with Gasteiger partial charge in [0.1, 0.15) is 0 Å². The third-order valence-corrected chi connectivity index (χ3v) is 3.34. The highest BCUT2D eigenvalue weighted by molar-refractivity contribution is 6.09. The number of Topliss-reactive ketones (excluding diaryl/α,β-unsaturated/α-hetero) is 1. The highest BCUT2D eigenvalue weighted by Crippen LogP contribution is 2.17. The van der Waals surface area contributed by atoms with Gasteiger partial charge in [0.25, 0.3) is 0 Å². The predicted octanol–water partition coefficient (Wildman–Crippen LogP) is 3.05. The molecule has 1 heterocycles. The molecule has 4 nitrogen and oxygen atoms in total. The van der Waals surface area contributed by atoms with Crippen LogP contribution in [-0.2, 0) is 4.79 Å². The number of aromatic nitrogens is 1. The van der Waals surface area contributed by atoms with E-state index in [9.17, 15) is 9.59 Å². The van der Waals surface area contributed by atoms with Crippen molar-refractivity contribution in [3.05, 3.63) is 36.0 Å². The van der Waals surface area contributed by atoms with Crippen LogP contribution in [0.1, 0.15) is 43.0 Å². The molecular weight excluding hydrogens is 252 g/mol. The average Bonchev–Trinajstić information content (AvgIpc) is 2.89. The third kappa shape index (κ3) is 3.47. The van der Waals surface area contributed by atoms with Gasteiger partial charge in [-0.1, -0.05) is 38.0 Å². The minimum Gasteiger partial charge on any atom is -0.360 e. The van der Waals surface area contributed by atoms with Crippen molar-refractivity contribution in [3.63, 3.8) is 0 Å². The molecule has 106 valence electrons. The van der Waals surface area contributed by atoms with Crippen molar-refractivity contribution < 1.29 is 9.59 Å². The van der Waals surface area contributed by atoms with Crippen LogP contribution < -0.4 is 5.32 Å². The van der Waals surface area contributed by atoms with Gasteiger partial charge in [-0.2, -0.15) is 0 Å². The Morgan fingerprint density at radius 1 is 1.20 bits per heavy atom. The van der Waals surface area contributed by atoms with Gasteiger partial charge in [-0.05, 0) is 12.5 Å². The van der Waals surface area contributed by atoms with Crippen molar-refractivity contribution in [2.24, 2.45) is 0 Å². The van der Waals surface area contributed by atoms with Crippen LogP contribution in [0.4, 0.5) is 0 Å². The minimum atomic E-state index is -0.0636. The van der Waals surface area contributed by atoms with Crippen molar-refractivity contribution in [1.82, 2.24) is 10.3 Å². The molecule has 20 heavy (non-hydrogen) atoms. The Hall–Kier alpha value is -2.10. The summed E-state index contributed by atoms with van der Waals surface area (Å²) in [5.74, 6) is -0.113. The molecule has 0 atom stereocenters. The van der Waals surface area contributed by atoms with Gasteiger partial charge >= 0.3 is 0 Å². The second-order valence-electron chi connectivity index (χ2n) is 4.90. The van der Waals surface area contributed by atoms with E-state index in [1.54, 1.807) is 6.20 Å². The van der Waals surface area contributed by atoms with E-state index < -0.39 is 0 Å². The first-order valence-electron chi connectivity index (χ1n) is 7.08. The van der Waals surface area contributed by atoms with E-state index >= 15 is 0 Å². The summed E-state index contributed by atoms with van der Waals surface area (Å²) < 4.78 is 0. The lowest BCUT2D eigenvalue weighted by atomic mass is 10.1. The SMILES string of the molecule is CCCCCC(=O)NCC(=O)c1c[nH]c2ccccc12. The highest BCUT2D eigenvalue weighted by Gasteiger charge is 2.12. The first-order valence-corrected chi connectivity index (χ1v) is 7.08. The molecule has 0 saturated carbocycles. The van der Waals surface area contributed by atoms with Crippen LogP contribution in [0.15, 0.2) is 30.5 Å². The second kappa shape index (κ2) is 6.89. The normalized spacial score (nSPS) is 10.7. The highest BCUT2D eigenvalue weighted by atomic mass is 16.2. The summed E-state index contributed by atoms with van der Waals surface area (Å²) in [5, 5.41) is 3.59. The smallest absolute Gasteiger partial charge is 0.220 e. The monoisotopic (exact) mass is 272 g/mol. The quantitative estimate of drug-likeness (QED) is 0.601. The number of unbranched alkanes of at least 4 members (excludes halogenated alkanes) is 2. The van der Waals surface area contributed by atoms with Crippen LogP contribution in [-0.4, -0.2) is 23.2 Å². The zero-order valence-electron chi connectivity index (χ0n) is 11.7. The molecule has 1 amide bonds. The number of aromatic amines is 1. The Labute approximate surface area is 118 Å². The molecule has 0 bridgehead atoms. The zero-order chi connectivity index (χ0) is 14.4. The van der Waals surface area contributed by atoms with Crippen LogP contribution >= 0.6 is 0 Å². The van der Waals surface area contributed by atoms with Gasteiger partial charge in [0, 0.05) is 29.1 Å². The standard InChI is InChI=1S/C16H20N2O2/c1-2-3-4-9-16(20)18-11-15(19)13-10-17-14-8-6-5-7-12(13)14/h5-8,10,17H,2-4,9,11H2,1H3,(H,18,20). The van der Waals surface area contributed by atoms with E-state index in [-0.39, 0.29) is 18.2 Å². The van der Waals surface area contributed by atoms with Crippen LogP contribution in [0, 0.1) is 0 Å². The molecule has 0 aliphatic rings. The first-order chi connectivity index (χ1) is 9.72. The van der Waals surface area contributed by atoms with Crippen molar-refractivity contribution >= 4 is 22.6 Å². The summed E-state index contributed by atoms with van der Waals surface area (Å²) in [6, 6.07) is 7.65. The van der Waals surface area contributed by atoms with Crippen LogP contribution in [0.5, 0.6) is 0 Å². The second-order valence-corrected chi connectivity index (χ2v) is 4.90. The molecule has 0 aliphatic heterocycles. The Bertz CT molecular complexity index is 601. The lowest BCUT2D eigenvalue weighted by molar-refractivity contribution is -0.121. The summed E-state index contributed by atoms with van der Waals surface area (Å²) in [6.45, 7) is 2.16. The molecule has 2 aromatic rings. The van der Waals surface area contributed by atoms with Crippen LogP contribution in [0.2, 0.25) is 0 Å². The number of carbonyl (C=O) groups excluding carboxylic acids is 2. The van der Waals surface area contributed by atoms with E-state index in [4.69, 9.17) is 0 Å². The van der Waals surface area contributed by atoms with E-state index in [0.717, 1.165) is 30.2 Å². The Kier molecular flexibility index (Phi) is 4.93. The molecule has 2 N–H and O–H groups in total. The maximum atomic E-state index is 12.1. The number of hydrogen-bond acceptors (Lipinski definition) is 2. The Morgan fingerprint density at radius 2 is 2.00 bits per heavy atom. The molecule has 0 radical (unpaired) electrons. The number of rotatable bonds is 7. The van der Waals surface area contributed by atoms with E-state index in [0.29, 0.717) is 12.0 Å². The lowest BCUT2D eigenvalue weighted by Crippen LogP contribution is -2.29. The van der Waals surface area contributed by atoms with Gasteiger partial charge in [0.15, 0.2) is 5.78 Å². The third-order valence-electron chi connectivity index (χ3n) is 3.34. The van der Waals surface area contributed by atoms with Gasteiger partial charge in [0.2, 0.25) is 5.91 Å². The fourth-order valence-electron chi connectivity index (χ4n) is 2.20. The van der Waals surface area contributed by atoms with Gasteiger partial charge in [0.05, 0.1) is 6.54 Å². The Balaban J connectivity index is 1.90. The summed E-state index contributed by atoms with van der Waals surface area (Å²) in [6.07, 6.45) is 5.21. The number of fused-ring (bicyclic) bond motifs is 1. The fourth-order valence-corrected chi connectivity index (χ4v) is 2.20. The molecule has 1 aromatic heterocycles. The van der Waals surface area contributed by atoms with Gasteiger partial charge in [-0.15, -0.1) is 0 Å². The van der Waals surface area contributed by atoms with Crippen molar-refractivity contribution in [2.45, 2.75) is 32.6 Å². The molecule has 1 aromatic carbocycles.